The fourth-order valence-electron chi connectivity index (χ4n) is 3.07. The van der Waals surface area contributed by atoms with Gasteiger partial charge >= 0.3 is 0 Å². The summed E-state index contributed by atoms with van der Waals surface area (Å²) in [5.41, 5.74) is 1.84. The van der Waals surface area contributed by atoms with E-state index in [-0.39, 0.29) is 34.2 Å². The highest BCUT2D eigenvalue weighted by atomic mass is 35.5. The number of halogens is 2. The Balaban J connectivity index is 1.99. The zero-order chi connectivity index (χ0) is 22.0. The summed E-state index contributed by atoms with van der Waals surface area (Å²) >= 11 is 12.2. The van der Waals surface area contributed by atoms with Crippen LogP contribution in [0.5, 0.6) is 0 Å². The number of aryl methyl sites for hydroxylation is 2. The van der Waals surface area contributed by atoms with Gasteiger partial charge in [0.25, 0.3) is 11.6 Å². The highest BCUT2D eigenvalue weighted by molar-refractivity contribution is 6.37. The van der Waals surface area contributed by atoms with Crippen molar-refractivity contribution in [1.29, 1.82) is 0 Å². The molecule has 0 unspecified atom stereocenters. The lowest BCUT2D eigenvalue weighted by molar-refractivity contribution is -0.384. The molecular weight excluding hydrogens is 429 g/mol. The minimum absolute atomic E-state index is 0.121. The second-order valence-electron chi connectivity index (χ2n) is 6.64. The standard InChI is InChI=1S/C21H17Cl2N3O4/c1-13-3-4-14(2)25(13)24(21(28)18-10-7-16(22)11-19(18)23)12-20(27)15-5-8-17(9-6-15)26(29)30/h3-11H,12H2,1-2H3. The van der Waals surface area contributed by atoms with Gasteiger partial charge in [0.1, 0.15) is 6.54 Å². The van der Waals surface area contributed by atoms with Crippen LogP contribution in [-0.2, 0) is 0 Å². The summed E-state index contributed by atoms with van der Waals surface area (Å²) in [6.45, 7) is 3.34. The van der Waals surface area contributed by atoms with Crippen LogP contribution in [0.2, 0.25) is 10.0 Å². The molecule has 0 N–H and O–H groups in total. The second-order valence-corrected chi connectivity index (χ2v) is 7.49. The van der Waals surface area contributed by atoms with Crippen LogP contribution in [0.1, 0.15) is 32.1 Å². The number of nitro benzene ring substituents is 1. The molecule has 2 aromatic carbocycles. The Morgan fingerprint density at radius 2 is 1.60 bits per heavy atom. The number of amides is 1. The lowest BCUT2D eigenvalue weighted by Crippen LogP contribution is -2.45. The maximum absolute atomic E-state index is 13.3. The molecule has 3 aromatic rings. The van der Waals surface area contributed by atoms with E-state index in [1.807, 2.05) is 26.0 Å². The molecule has 7 nitrogen and oxygen atoms in total. The number of non-ortho nitro benzene ring substituents is 1. The van der Waals surface area contributed by atoms with E-state index in [0.29, 0.717) is 5.02 Å². The number of hydrogen-bond donors (Lipinski definition) is 0. The molecule has 0 radical (unpaired) electrons. The first-order chi connectivity index (χ1) is 14.2. The van der Waals surface area contributed by atoms with E-state index >= 15 is 0 Å². The maximum atomic E-state index is 13.3. The molecule has 0 atom stereocenters. The van der Waals surface area contributed by atoms with Crippen molar-refractivity contribution in [2.45, 2.75) is 13.8 Å². The molecule has 0 fully saturated rings. The third kappa shape index (κ3) is 4.37. The second kappa shape index (κ2) is 8.69. The molecule has 0 aliphatic rings. The van der Waals surface area contributed by atoms with Crippen LogP contribution in [0.4, 0.5) is 5.69 Å². The Kier molecular flexibility index (Phi) is 6.24. The summed E-state index contributed by atoms with van der Waals surface area (Å²) in [6.07, 6.45) is 0. The van der Waals surface area contributed by atoms with E-state index in [2.05, 4.69) is 0 Å². The Morgan fingerprint density at radius 3 is 2.13 bits per heavy atom. The zero-order valence-electron chi connectivity index (χ0n) is 16.1. The Hall–Kier alpha value is -3.16. The zero-order valence-corrected chi connectivity index (χ0v) is 17.6. The molecule has 0 saturated heterocycles. The largest absolute Gasteiger partial charge is 0.292 e. The van der Waals surface area contributed by atoms with E-state index < -0.39 is 10.8 Å². The lowest BCUT2D eigenvalue weighted by atomic mass is 10.1. The monoisotopic (exact) mass is 445 g/mol. The van der Waals surface area contributed by atoms with E-state index in [1.54, 1.807) is 10.7 Å². The van der Waals surface area contributed by atoms with Crippen molar-refractivity contribution in [3.63, 3.8) is 0 Å². The van der Waals surface area contributed by atoms with E-state index in [0.717, 1.165) is 11.4 Å². The number of nitrogens with zero attached hydrogens (tertiary/aromatic N) is 3. The topological polar surface area (TPSA) is 85.4 Å². The van der Waals surface area contributed by atoms with Crippen molar-refractivity contribution in [1.82, 2.24) is 4.68 Å². The Morgan fingerprint density at radius 1 is 1.00 bits per heavy atom. The average Bonchev–Trinajstić information content (AvgIpc) is 3.03. The highest BCUT2D eigenvalue weighted by Gasteiger charge is 2.25. The van der Waals surface area contributed by atoms with Gasteiger partial charge in [-0.05, 0) is 56.3 Å². The van der Waals surface area contributed by atoms with Crippen molar-refractivity contribution in [2.75, 3.05) is 11.6 Å². The van der Waals surface area contributed by atoms with Crippen LogP contribution in [-0.4, -0.2) is 27.8 Å². The molecule has 0 bridgehead atoms. The predicted molar refractivity (Wildman–Crippen MR) is 115 cm³/mol. The number of carbonyl (C=O) groups is 2. The van der Waals surface area contributed by atoms with Crippen molar-refractivity contribution in [3.8, 4) is 0 Å². The summed E-state index contributed by atoms with van der Waals surface area (Å²) in [5.74, 6) is -0.856. The van der Waals surface area contributed by atoms with Gasteiger partial charge < -0.3 is 0 Å². The molecule has 0 aliphatic heterocycles. The van der Waals surface area contributed by atoms with Crippen molar-refractivity contribution >= 4 is 40.6 Å². The number of Topliss-reactive ketones (excluding diaryl/α,β-unsaturated/α-hetero) is 1. The van der Waals surface area contributed by atoms with Gasteiger partial charge in [-0.2, -0.15) is 0 Å². The number of aromatic nitrogens is 1. The average molecular weight is 446 g/mol. The first-order valence-corrected chi connectivity index (χ1v) is 9.64. The molecule has 1 amide bonds. The van der Waals surface area contributed by atoms with Gasteiger partial charge in [0.15, 0.2) is 5.78 Å². The molecule has 0 saturated carbocycles. The molecular formula is C21H17Cl2N3O4. The highest BCUT2D eigenvalue weighted by Crippen LogP contribution is 2.23. The molecule has 154 valence electrons. The van der Waals surface area contributed by atoms with Crippen LogP contribution in [0.3, 0.4) is 0 Å². The first kappa shape index (κ1) is 21.5. The summed E-state index contributed by atoms with van der Waals surface area (Å²) < 4.78 is 1.64. The van der Waals surface area contributed by atoms with Crippen LogP contribution in [0.25, 0.3) is 0 Å². The SMILES string of the molecule is Cc1ccc(C)n1N(CC(=O)c1ccc([N+](=O)[O-])cc1)C(=O)c1ccc(Cl)cc1Cl. The first-order valence-electron chi connectivity index (χ1n) is 8.89. The molecule has 3 rings (SSSR count). The van der Waals surface area contributed by atoms with Crippen molar-refractivity contribution in [3.05, 3.63) is 97.3 Å². The Labute approximate surface area is 182 Å². The van der Waals surface area contributed by atoms with Crippen LogP contribution in [0, 0.1) is 24.0 Å². The molecule has 0 aliphatic carbocycles. The van der Waals surface area contributed by atoms with Crippen molar-refractivity contribution in [2.24, 2.45) is 0 Å². The molecule has 1 heterocycles. The Bertz CT molecular complexity index is 1120. The van der Waals surface area contributed by atoms with Crippen LogP contribution >= 0.6 is 23.2 Å². The van der Waals surface area contributed by atoms with Crippen molar-refractivity contribution < 1.29 is 14.5 Å². The number of ketones is 1. The fourth-order valence-corrected chi connectivity index (χ4v) is 3.56. The summed E-state index contributed by atoms with van der Waals surface area (Å²) in [5, 5.41) is 12.7. The summed E-state index contributed by atoms with van der Waals surface area (Å²) in [6, 6.07) is 13.4. The minimum Gasteiger partial charge on any atom is -0.292 e. The molecule has 1 aromatic heterocycles. The van der Waals surface area contributed by atoms with Crippen LogP contribution in [0.15, 0.2) is 54.6 Å². The maximum Gasteiger partial charge on any atom is 0.274 e. The number of benzene rings is 2. The quantitative estimate of drug-likeness (QED) is 0.304. The smallest absolute Gasteiger partial charge is 0.274 e. The molecule has 30 heavy (non-hydrogen) atoms. The normalized spacial score (nSPS) is 10.7. The summed E-state index contributed by atoms with van der Waals surface area (Å²) in [4.78, 5) is 36.5. The van der Waals surface area contributed by atoms with E-state index in [4.69, 9.17) is 23.2 Å². The number of rotatable bonds is 6. The van der Waals surface area contributed by atoms with Crippen LogP contribution < -0.4 is 5.01 Å². The number of nitro groups is 1. The van der Waals surface area contributed by atoms with Gasteiger partial charge in [0, 0.05) is 34.1 Å². The van der Waals surface area contributed by atoms with Gasteiger partial charge in [-0.15, -0.1) is 0 Å². The summed E-state index contributed by atoms with van der Waals surface area (Å²) in [7, 11) is 0. The molecule has 0 spiro atoms. The fraction of sp³-hybridized carbons (Fsp3) is 0.143. The van der Waals surface area contributed by atoms with Gasteiger partial charge in [0.2, 0.25) is 0 Å². The predicted octanol–water partition coefficient (Wildman–Crippen LogP) is 4.98. The number of carbonyl (C=O) groups excluding carboxylic acids is 2. The number of hydrogen-bond acceptors (Lipinski definition) is 4. The third-order valence-corrected chi connectivity index (χ3v) is 5.11. The lowest BCUT2D eigenvalue weighted by Gasteiger charge is -2.27. The van der Waals surface area contributed by atoms with Gasteiger partial charge in [-0.25, -0.2) is 5.01 Å². The van der Waals surface area contributed by atoms with Gasteiger partial charge in [-0.1, -0.05) is 23.2 Å². The molecule has 9 heteroatoms. The minimum atomic E-state index is -0.542. The van der Waals surface area contributed by atoms with E-state index in [9.17, 15) is 19.7 Å². The van der Waals surface area contributed by atoms with Gasteiger partial charge in [-0.3, -0.25) is 24.4 Å². The van der Waals surface area contributed by atoms with E-state index in [1.165, 1.54) is 41.4 Å². The third-order valence-electron chi connectivity index (χ3n) is 4.56. The van der Waals surface area contributed by atoms with Gasteiger partial charge in [0.05, 0.1) is 15.5 Å².